The molecule has 3 aromatic rings. The largest absolute Gasteiger partial charge is 0.497 e. The summed E-state index contributed by atoms with van der Waals surface area (Å²) in [6.07, 6.45) is 1.21. The quantitative estimate of drug-likeness (QED) is 0.690. The topological polar surface area (TPSA) is 42.2 Å². The zero-order chi connectivity index (χ0) is 16.2. The molecule has 0 aliphatic heterocycles. The lowest BCUT2D eigenvalue weighted by atomic mass is 10.0. The number of methoxy groups -OCH3 is 2. The molecule has 1 aromatic heterocycles. The maximum absolute atomic E-state index is 9.20. The Balaban J connectivity index is 2.05. The van der Waals surface area contributed by atoms with Crippen LogP contribution in [0, 0.1) is 11.3 Å². The number of hydrogen-bond acceptors (Lipinski definition) is 4. The molecule has 3 rings (SSSR count). The van der Waals surface area contributed by atoms with Crippen molar-refractivity contribution in [3.63, 3.8) is 0 Å². The third-order valence-electron chi connectivity index (χ3n) is 3.84. The van der Waals surface area contributed by atoms with Crippen molar-refractivity contribution in [1.82, 2.24) is 0 Å². The minimum Gasteiger partial charge on any atom is -0.497 e. The van der Waals surface area contributed by atoms with Crippen molar-refractivity contribution in [2.24, 2.45) is 0 Å². The Morgan fingerprint density at radius 2 is 1.83 bits per heavy atom. The third-order valence-corrected chi connectivity index (χ3v) is 5.05. The maximum atomic E-state index is 9.20. The molecular formula is C19H17NO2S. The monoisotopic (exact) mass is 323 g/mol. The molecule has 23 heavy (non-hydrogen) atoms. The summed E-state index contributed by atoms with van der Waals surface area (Å²) in [4.78, 5) is 1.23. The summed E-state index contributed by atoms with van der Waals surface area (Å²) in [5.74, 6) is 1.68. The first-order valence-electron chi connectivity index (χ1n) is 7.33. The number of benzene rings is 2. The molecule has 0 saturated carbocycles. The van der Waals surface area contributed by atoms with Gasteiger partial charge in [-0.1, -0.05) is 12.1 Å². The molecule has 4 heteroatoms. The van der Waals surface area contributed by atoms with Gasteiger partial charge in [0.2, 0.25) is 0 Å². The average Bonchev–Trinajstić information content (AvgIpc) is 2.92. The lowest BCUT2D eigenvalue weighted by molar-refractivity contribution is 0.414. The first kappa shape index (κ1) is 15.4. The lowest BCUT2D eigenvalue weighted by Crippen LogP contribution is -1.92. The van der Waals surface area contributed by atoms with Crippen molar-refractivity contribution in [2.75, 3.05) is 14.2 Å². The van der Waals surface area contributed by atoms with Gasteiger partial charge in [-0.3, -0.25) is 0 Å². The third kappa shape index (κ3) is 3.15. The molecule has 2 aromatic carbocycles. The van der Waals surface area contributed by atoms with Gasteiger partial charge in [-0.2, -0.15) is 5.26 Å². The van der Waals surface area contributed by atoms with Gasteiger partial charge in [0.05, 0.1) is 26.7 Å². The van der Waals surface area contributed by atoms with Crippen molar-refractivity contribution in [1.29, 1.82) is 5.26 Å². The van der Waals surface area contributed by atoms with Gasteiger partial charge in [-0.15, -0.1) is 11.3 Å². The predicted molar refractivity (Wildman–Crippen MR) is 93.5 cm³/mol. The summed E-state index contributed by atoms with van der Waals surface area (Å²) in [6.45, 7) is 0. The fraction of sp³-hybridized carbons (Fsp3) is 0.211. The summed E-state index contributed by atoms with van der Waals surface area (Å²) in [6, 6.07) is 16.4. The molecule has 0 aliphatic carbocycles. The van der Waals surface area contributed by atoms with Crippen LogP contribution in [0.5, 0.6) is 11.5 Å². The average molecular weight is 323 g/mol. The van der Waals surface area contributed by atoms with E-state index in [2.05, 4.69) is 18.2 Å². The normalized spacial score (nSPS) is 10.5. The first-order chi connectivity index (χ1) is 11.2. The molecule has 3 nitrogen and oxygen atoms in total. The second kappa shape index (κ2) is 6.72. The van der Waals surface area contributed by atoms with Crippen LogP contribution < -0.4 is 9.47 Å². The molecule has 0 radical (unpaired) electrons. The van der Waals surface area contributed by atoms with Crippen molar-refractivity contribution in [3.8, 4) is 17.6 Å². The van der Waals surface area contributed by atoms with Gasteiger partial charge < -0.3 is 9.47 Å². The highest BCUT2D eigenvalue weighted by molar-refractivity contribution is 7.19. The molecule has 0 unspecified atom stereocenters. The highest BCUT2D eigenvalue weighted by Gasteiger charge is 2.13. The van der Waals surface area contributed by atoms with E-state index >= 15 is 0 Å². The standard InChI is InChI=1S/C19H17NO2S/c1-21-14-5-3-4-13(10-14)11-19-16(8-9-20)17-12-15(22-2)6-7-18(17)23-19/h3-7,10,12H,8,11H2,1-2H3. The molecule has 0 saturated heterocycles. The van der Waals surface area contributed by atoms with E-state index in [-0.39, 0.29) is 0 Å². The summed E-state index contributed by atoms with van der Waals surface area (Å²) in [5, 5.41) is 10.3. The molecule has 0 bridgehead atoms. The second-order valence-electron chi connectivity index (χ2n) is 5.23. The Bertz CT molecular complexity index is 877. The van der Waals surface area contributed by atoms with Crippen molar-refractivity contribution in [3.05, 3.63) is 58.5 Å². The van der Waals surface area contributed by atoms with Crippen LogP contribution in [-0.2, 0) is 12.8 Å². The zero-order valence-corrected chi connectivity index (χ0v) is 13.9. The zero-order valence-electron chi connectivity index (χ0n) is 13.1. The van der Waals surface area contributed by atoms with E-state index in [0.717, 1.165) is 28.9 Å². The summed E-state index contributed by atoms with van der Waals surface area (Å²) >= 11 is 1.74. The molecule has 1 heterocycles. The van der Waals surface area contributed by atoms with Crippen LogP contribution in [0.25, 0.3) is 10.1 Å². The Labute approximate surface area is 139 Å². The first-order valence-corrected chi connectivity index (χ1v) is 8.15. The molecule has 0 amide bonds. The summed E-state index contributed by atoms with van der Waals surface area (Å²) in [5.41, 5.74) is 2.29. The highest BCUT2D eigenvalue weighted by atomic mass is 32.1. The number of nitrogens with zero attached hydrogens (tertiary/aromatic N) is 1. The van der Waals surface area contributed by atoms with Crippen LogP contribution in [0.2, 0.25) is 0 Å². The number of fused-ring (bicyclic) bond motifs is 1. The Morgan fingerprint density at radius 3 is 2.57 bits per heavy atom. The number of hydrogen-bond donors (Lipinski definition) is 0. The van der Waals surface area contributed by atoms with Gasteiger partial charge in [0.15, 0.2) is 0 Å². The maximum Gasteiger partial charge on any atom is 0.119 e. The molecule has 0 spiro atoms. The Kier molecular flexibility index (Phi) is 4.50. The predicted octanol–water partition coefficient (Wildman–Crippen LogP) is 4.58. The van der Waals surface area contributed by atoms with Crippen molar-refractivity contribution in [2.45, 2.75) is 12.8 Å². The van der Waals surface area contributed by atoms with Crippen LogP contribution in [-0.4, -0.2) is 14.2 Å². The van der Waals surface area contributed by atoms with Crippen molar-refractivity contribution < 1.29 is 9.47 Å². The summed E-state index contributed by atoms with van der Waals surface area (Å²) in [7, 11) is 3.33. The molecule has 0 fully saturated rings. The van der Waals surface area contributed by atoms with Gasteiger partial charge in [0.25, 0.3) is 0 Å². The Hall–Kier alpha value is -2.51. The molecule has 0 atom stereocenters. The van der Waals surface area contributed by atoms with Gasteiger partial charge in [-0.25, -0.2) is 0 Å². The number of ether oxygens (including phenoxy) is 2. The van der Waals surface area contributed by atoms with E-state index in [1.165, 1.54) is 15.1 Å². The van der Waals surface area contributed by atoms with E-state index < -0.39 is 0 Å². The minimum atomic E-state index is 0.409. The fourth-order valence-electron chi connectivity index (χ4n) is 2.69. The van der Waals surface area contributed by atoms with Gasteiger partial charge in [-0.05, 0) is 41.5 Å². The molecule has 0 N–H and O–H groups in total. The fourth-order valence-corrected chi connectivity index (χ4v) is 3.93. The van der Waals surface area contributed by atoms with Gasteiger partial charge in [0, 0.05) is 21.4 Å². The second-order valence-corrected chi connectivity index (χ2v) is 6.37. The molecular weight excluding hydrogens is 306 g/mol. The van der Waals surface area contributed by atoms with Crippen LogP contribution >= 0.6 is 11.3 Å². The Morgan fingerprint density at radius 1 is 1.04 bits per heavy atom. The highest BCUT2D eigenvalue weighted by Crippen LogP contribution is 2.35. The molecule has 0 aliphatic rings. The lowest BCUT2D eigenvalue weighted by Gasteiger charge is -2.05. The van der Waals surface area contributed by atoms with E-state index in [0.29, 0.717) is 6.42 Å². The van der Waals surface area contributed by atoms with E-state index in [1.54, 1.807) is 25.6 Å². The summed E-state index contributed by atoms with van der Waals surface area (Å²) < 4.78 is 11.8. The van der Waals surface area contributed by atoms with Crippen LogP contribution in [0.15, 0.2) is 42.5 Å². The minimum absolute atomic E-state index is 0.409. The molecule has 116 valence electrons. The number of thiophene rings is 1. The SMILES string of the molecule is COc1cccc(Cc2sc3ccc(OC)cc3c2CC#N)c1. The number of nitriles is 1. The van der Waals surface area contributed by atoms with E-state index in [1.807, 2.05) is 30.3 Å². The van der Waals surface area contributed by atoms with Crippen LogP contribution in [0.3, 0.4) is 0 Å². The van der Waals surface area contributed by atoms with Gasteiger partial charge in [0.1, 0.15) is 11.5 Å². The smallest absolute Gasteiger partial charge is 0.119 e. The van der Waals surface area contributed by atoms with Crippen LogP contribution in [0.4, 0.5) is 0 Å². The van der Waals surface area contributed by atoms with Crippen molar-refractivity contribution >= 4 is 21.4 Å². The van der Waals surface area contributed by atoms with E-state index in [9.17, 15) is 5.26 Å². The van der Waals surface area contributed by atoms with Crippen LogP contribution in [0.1, 0.15) is 16.0 Å². The number of rotatable bonds is 5. The van der Waals surface area contributed by atoms with E-state index in [4.69, 9.17) is 9.47 Å². The van der Waals surface area contributed by atoms with Gasteiger partial charge >= 0.3 is 0 Å².